The Balaban J connectivity index is 1.42. The van der Waals surface area contributed by atoms with Gasteiger partial charge in [-0.2, -0.15) is 5.10 Å². The Morgan fingerprint density at radius 3 is 2.61 bits per heavy atom. The van der Waals surface area contributed by atoms with E-state index in [2.05, 4.69) is 20.8 Å². The molecule has 4 rings (SSSR count). The largest absolute Gasteiger partial charge is 0.357 e. The summed E-state index contributed by atoms with van der Waals surface area (Å²) < 4.78 is 1.68. The number of amidine groups is 1. The van der Waals surface area contributed by atoms with Crippen molar-refractivity contribution in [2.24, 2.45) is 5.41 Å². The highest BCUT2D eigenvalue weighted by Gasteiger charge is 2.39. The molecule has 1 aromatic carbocycles. The third kappa shape index (κ3) is 3.56. The van der Waals surface area contributed by atoms with Crippen LogP contribution in [0.4, 0.5) is 5.69 Å². The summed E-state index contributed by atoms with van der Waals surface area (Å²) >= 11 is 0. The molecule has 0 aliphatic carbocycles. The lowest BCUT2D eigenvalue weighted by molar-refractivity contribution is 0.0829. The molecule has 1 aromatic heterocycles. The van der Waals surface area contributed by atoms with Crippen LogP contribution in [-0.2, 0) is 0 Å². The molecule has 8 heteroatoms. The van der Waals surface area contributed by atoms with E-state index in [-0.39, 0.29) is 5.71 Å². The predicted octanol–water partition coefficient (Wildman–Crippen LogP) is 2.26. The number of hydrogen-bond acceptors (Lipinski definition) is 6. The number of rotatable bonds is 5. The number of likely N-dealkylation sites (tertiary alicyclic amines) is 1. The monoisotopic (exact) mass is 379 g/mol. The van der Waals surface area contributed by atoms with Crippen LogP contribution in [0.3, 0.4) is 0 Å². The molecule has 2 saturated heterocycles. The van der Waals surface area contributed by atoms with Crippen molar-refractivity contribution in [3.8, 4) is 5.69 Å². The first-order valence-corrected chi connectivity index (χ1v) is 9.46. The lowest BCUT2D eigenvalue weighted by atomic mass is 9.73. The average molecular weight is 379 g/mol. The maximum absolute atomic E-state index is 9.49. The van der Waals surface area contributed by atoms with Crippen molar-refractivity contribution in [1.82, 2.24) is 20.0 Å². The van der Waals surface area contributed by atoms with Crippen LogP contribution in [0.25, 0.3) is 5.69 Å². The second-order valence-electron chi connectivity index (χ2n) is 7.52. The van der Waals surface area contributed by atoms with E-state index in [9.17, 15) is 5.21 Å². The Morgan fingerprint density at radius 2 is 2.00 bits per heavy atom. The van der Waals surface area contributed by atoms with Crippen LogP contribution in [0.1, 0.15) is 18.4 Å². The van der Waals surface area contributed by atoms with E-state index < -0.39 is 0 Å². The van der Waals surface area contributed by atoms with E-state index in [1.54, 1.807) is 35.2 Å². The Kier molecular flexibility index (Phi) is 4.97. The van der Waals surface area contributed by atoms with Crippen molar-refractivity contribution >= 4 is 17.2 Å². The number of allylic oxidation sites excluding steroid dienone is 1. The molecule has 2 aliphatic heterocycles. The van der Waals surface area contributed by atoms with Crippen molar-refractivity contribution < 1.29 is 5.21 Å². The number of nitrogens with one attached hydrogen (secondary N) is 4. The van der Waals surface area contributed by atoms with E-state index >= 15 is 0 Å². The van der Waals surface area contributed by atoms with Crippen LogP contribution in [0.2, 0.25) is 0 Å². The second-order valence-corrected chi connectivity index (χ2v) is 7.52. The molecule has 2 aromatic rings. The molecule has 0 amide bonds. The van der Waals surface area contributed by atoms with Gasteiger partial charge in [0, 0.05) is 44.1 Å². The Morgan fingerprint density at radius 1 is 1.21 bits per heavy atom. The van der Waals surface area contributed by atoms with Crippen molar-refractivity contribution in [2.45, 2.75) is 12.8 Å². The van der Waals surface area contributed by atoms with Crippen molar-refractivity contribution in [2.75, 3.05) is 31.7 Å². The first kappa shape index (κ1) is 18.4. The van der Waals surface area contributed by atoms with E-state index in [1.165, 1.54) is 0 Å². The summed E-state index contributed by atoms with van der Waals surface area (Å²) in [5, 5.41) is 33.7. The first-order valence-electron chi connectivity index (χ1n) is 9.46. The molecule has 0 saturated carbocycles. The van der Waals surface area contributed by atoms with Gasteiger partial charge in [-0.05, 0) is 54.7 Å². The Labute approximate surface area is 163 Å². The molecule has 28 heavy (non-hydrogen) atoms. The van der Waals surface area contributed by atoms with Crippen molar-refractivity contribution in [3.63, 3.8) is 0 Å². The summed E-state index contributed by atoms with van der Waals surface area (Å²) in [4.78, 5) is 2.07. The van der Waals surface area contributed by atoms with Gasteiger partial charge in [-0.1, -0.05) is 0 Å². The third-order valence-electron chi connectivity index (χ3n) is 5.76. The summed E-state index contributed by atoms with van der Waals surface area (Å²) in [5.41, 5.74) is 4.60. The first-order chi connectivity index (χ1) is 13.6. The zero-order valence-corrected chi connectivity index (χ0v) is 15.7. The topological polar surface area (TPSA) is 113 Å². The van der Waals surface area contributed by atoms with Crippen LogP contribution in [0.5, 0.6) is 0 Å². The van der Waals surface area contributed by atoms with E-state index in [0.29, 0.717) is 22.5 Å². The molecular weight excluding hydrogens is 354 g/mol. The second kappa shape index (κ2) is 7.57. The van der Waals surface area contributed by atoms with Gasteiger partial charge >= 0.3 is 0 Å². The zero-order chi connectivity index (χ0) is 19.6. The Hall–Kier alpha value is -2.97. The van der Waals surface area contributed by atoms with Gasteiger partial charge in [0.15, 0.2) is 0 Å². The molecule has 3 heterocycles. The molecule has 146 valence electrons. The molecule has 0 radical (unpaired) electrons. The number of anilines is 1. The molecule has 0 atom stereocenters. The summed E-state index contributed by atoms with van der Waals surface area (Å²) in [6.07, 6.45) is 9.00. The zero-order valence-electron chi connectivity index (χ0n) is 15.7. The quantitative estimate of drug-likeness (QED) is 0.311. The fraction of sp³-hybridized carbons (Fsp3) is 0.350. The number of piperidine rings is 1. The molecule has 5 N–H and O–H groups in total. The van der Waals surface area contributed by atoms with Crippen LogP contribution >= 0.6 is 0 Å². The highest BCUT2D eigenvalue weighted by atomic mass is 16.5. The van der Waals surface area contributed by atoms with Crippen molar-refractivity contribution in [1.29, 1.82) is 10.8 Å². The third-order valence-corrected chi connectivity index (χ3v) is 5.76. The van der Waals surface area contributed by atoms with Crippen LogP contribution < -0.4 is 10.8 Å². The van der Waals surface area contributed by atoms with Gasteiger partial charge in [0.05, 0.1) is 17.1 Å². The lowest BCUT2D eigenvalue weighted by Gasteiger charge is -2.48. The molecule has 8 nitrogen and oxygen atoms in total. The van der Waals surface area contributed by atoms with Crippen molar-refractivity contribution in [3.05, 3.63) is 54.4 Å². The minimum atomic E-state index is 0.227. The van der Waals surface area contributed by atoms with Gasteiger partial charge in [-0.25, -0.2) is 4.68 Å². The average Bonchev–Trinajstić information content (AvgIpc) is 3.25. The SMILES string of the molecule is N=C(C=CC(=N)N1CCC2(CC1)CNC2)c1ccc(-n2cccn2)cc1NO. The summed E-state index contributed by atoms with van der Waals surface area (Å²) in [6.45, 7) is 3.97. The molecular formula is C20H25N7O. The molecule has 1 spiro atoms. The van der Waals surface area contributed by atoms with Crippen LogP contribution in [0.15, 0.2) is 48.8 Å². The van der Waals surface area contributed by atoms with Gasteiger partial charge in [0.25, 0.3) is 0 Å². The van der Waals surface area contributed by atoms with Crippen LogP contribution in [0, 0.1) is 16.2 Å². The molecule has 0 bridgehead atoms. The normalized spacial score (nSPS) is 18.2. The highest BCUT2D eigenvalue weighted by Crippen LogP contribution is 2.34. The lowest BCUT2D eigenvalue weighted by Crippen LogP contribution is -2.58. The minimum absolute atomic E-state index is 0.227. The Bertz CT molecular complexity index is 889. The van der Waals surface area contributed by atoms with E-state index in [4.69, 9.17) is 10.8 Å². The summed E-state index contributed by atoms with van der Waals surface area (Å²) in [7, 11) is 0. The molecule has 2 aliphatic rings. The van der Waals surface area contributed by atoms with Gasteiger partial charge in [-0.15, -0.1) is 0 Å². The number of hydrogen-bond donors (Lipinski definition) is 5. The van der Waals surface area contributed by atoms with Gasteiger partial charge < -0.3 is 15.6 Å². The molecule has 2 fully saturated rings. The highest BCUT2D eigenvalue weighted by molar-refractivity contribution is 6.12. The maximum Gasteiger partial charge on any atom is 0.120 e. The summed E-state index contributed by atoms with van der Waals surface area (Å²) in [6, 6.07) is 7.15. The number of nitrogens with zero attached hydrogens (tertiary/aromatic N) is 3. The minimum Gasteiger partial charge on any atom is -0.357 e. The fourth-order valence-corrected chi connectivity index (χ4v) is 3.84. The number of aromatic nitrogens is 2. The fourth-order valence-electron chi connectivity index (χ4n) is 3.84. The van der Waals surface area contributed by atoms with Gasteiger partial charge in [0.2, 0.25) is 0 Å². The predicted molar refractivity (Wildman–Crippen MR) is 109 cm³/mol. The number of benzene rings is 1. The van der Waals surface area contributed by atoms with E-state index in [1.807, 2.05) is 18.3 Å². The van der Waals surface area contributed by atoms with Gasteiger partial charge in [0.1, 0.15) is 5.84 Å². The maximum atomic E-state index is 9.49. The standard InChI is InChI=1S/C20H25N7O/c21-17(4-5-19(22)26-10-6-20(7-11-26)13-23-14-20)16-3-2-15(12-18(16)25-28)27-9-1-8-24-27/h1-5,8-9,12,21-23,25,28H,6-7,10-11,13-14H2. The smallest absolute Gasteiger partial charge is 0.120 e. The summed E-state index contributed by atoms with van der Waals surface area (Å²) in [5.74, 6) is 0.429. The molecule has 0 unspecified atom stereocenters. The van der Waals surface area contributed by atoms with Crippen LogP contribution in [-0.4, -0.2) is 57.6 Å². The van der Waals surface area contributed by atoms with Gasteiger partial charge in [-0.3, -0.25) is 16.1 Å². The van der Waals surface area contributed by atoms with E-state index in [0.717, 1.165) is 44.7 Å².